The van der Waals surface area contributed by atoms with Gasteiger partial charge in [-0.25, -0.2) is 8.42 Å². The maximum Gasteiger partial charge on any atom is 0.265 e. The molecule has 2 N–H and O–H groups in total. The van der Waals surface area contributed by atoms with E-state index in [1.807, 2.05) is 9.80 Å². The number of primary amides is 1. The largest absolute Gasteiger partial charge is 0.364 e. The molecule has 0 radical (unpaired) electrons. The predicted molar refractivity (Wildman–Crippen MR) is 125 cm³/mol. The van der Waals surface area contributed by atoms with Crippen molar-refractivity contribution in [1.29, 1.82) is 0 Å². The van der Waals surface area contributed by atoms with E-state index in [1.165, 1.54) is 34.0 Å². The summed E-state index contributed by atoms with van der Waals surface area (Å²) in [6.45, 7) is 2.71. The summed E-state index contributed by atoms with van der Waals surface area (Å²) < 4.78 is 28.8. The molecule has 4 rings (SSSR count). The van der Waals surface area contributed by atoms with Gasteiger partial charge in [-0.05, 0) is 37.7 Å². The highest BCUT2D eigenvalue weighted by atomic mass is 32.2. The first kappa shape index (κ1) is 24.7. The van der Waals surface area contributed by atoms with E-state index < -0.39 is 15.9 Å². The molecular formula is C23H35N5O5S. The number of rotatable bonds is 6. The van der Waals surface area contributed by atoms with Crippen LogP contribution in [0.15, 0.2) is 17.2 Å². The van der Waals surface area contributed by atoms with Crippen LogP contribution in [-0.2, 0) is 26.7 Å². The lowest BCUT2D eigenvalue weighted by atomic mass is 9.96. The molecule has 3 amide bonds. The Morgan fingerprint density at radius 3 is 2.09 bits per heavy atom. The number of hydrogen-bond acceptors (Lipinski definition) is 5. The Morgan fingerprint density at radius 2 is 1.53 bits per heavy atom. The van der Waals surface area contributed by atoms with Gasteiger partial charge in [-0.2, -0.15) is 4.31 Å². The topological polar surface area (TPSA) is 126 Å². The molecule has 3 aliphatic rings. The van der Waals surface area contributed by atoms with Gasteiger partial charge in [0.2, 0.25) is 21.8 Å². The first-order valence-corrected chi connectivity index (χ1v) is 13.6. The maximum absolute atomic E-state index is 13.1. The number of aromatic nitrogens is 1. The van der Waals surface area contributed by atoms with Crippen molar-refractivity contribution >= 4 is 27.7 Å². The number of carbonyl (C=O) groups excluding carboxylic acids is 3. The molecule has 0 aromatic carbocycles. The number of piperidine rings is 1. The predicted octanol–water partition coefficient (Wildman–Crippen LogP) is 0.776. The maximum atomic E-state index is 13.1. The fraction of sp³-hybridized carbons (Fsp3) is 0.696. The van der Waals surface area contributed by atoms with Crippen molar-refractivity contribution in [3.63, 3.8) is 0 Å². The molecule has 1 aliphatic carbocycles. The Bertz CT molecular complexity index is 1030. The summed E-state index contributed by atoms with van der Waals surface area (Å²) in [6, 6.07) is 1.29. The van der Waals surface area contributed by atoms with Crippen molar-refractivity contribution in [3.8, 4) is 0 Å². The molecule has 0 unspecified atom stereocenters. The van der Waals surface area contributed by atoms with Gasteiger partial charge < -0.3 is 20.1 Å². The fourth-order valence-electron chi connectivity index (χ4n) is 5.44. The van der Waals surface area contributed by atoms with Gasteiger partial charge in [0.15, 0.2) is 0 Å². The second kappa shape index (κ2) is 10.1. The van der Waals surface area contributed by atoms with E-state index in [2.05, 4.69) is 0 Å². The average molecular weight is 494 g/mol. The molecule has 3 heterocycles. The van der Waals surface area contributed by atoms with Crippen LogP contribution in [0.1, 0.15) is 55.4 Å². The lowest BCUT2D eigenvalue weighted by Gasteiger charge is -2.38. The van der Waals surface area contributed by atoms with Crippen LogP contribution in [0.2, 0.25) is 0 Å². The number of piperazine rings is 1. The number of carbonyl (C=O) groups is 3. The number of hydrogen-bond donors (Lipinski definition) is 1. The van der Waals surface area contributed by atoms with Gasteiger partial charge in [0.25, 0.3) is 5.91 Å². The molecule has 11 heteroatoms. The van der Waals surface area contributed by atoms with E-state index >= 15 is 0 Å². The number of amides is 3. The molecular weight excluding hydrogens is 458 g/mol. The summed E-state index contributed by atoms with van der Waals surface area (Å²) in [6.07, 6.45) is 7.66. The van der Waals surface area contributed by atoms with Crippen LogP contribution in [0.5, 0.6) is 0 Å². The highest BCUT2D eigenvalue weighted by Gasteiger charge is 2.36. The summed E-state index contributed by atoms with van der Waals surface area (Å²) in [5.41, 5.74) is 5.43. The van der Waals surface area contributed by atoms with E-state index in [0.717, 1.165) is 12.8 Å². The molecule has 1 aromatic rings. The third-order valence-corrected chi connectivity index (χ3v) is 9.42. The number of sulfonamides is 1. The summed E-state index contributed by atoms with van der Waals surface area (Å²) >= 11 is 0. The summed E-state index contributed by atoms with van der Waals surface area (Å²) in [4.78, 5) is 40.8. The molecule has 1 aromatic heterocycles. The van der Waals surface area contributed by atoms with Gasteiger partial charge >= 0.3 is 0 Å². The minimum absolute atomic E-state index is 0.0342. The standard InChI is InChI=1S/C23H35N5O5S/c1-25-16-19(15-20(25)22(24)30)34(32,33)28-8-6-18(7-9-28)23(31)27-12-10-26(11-13-27)21(29)14-17-4-2-3-5-17/h15-18H,2-14H2,1H3,(H2,24,30). The summed E-state index contributed by atoms with van der Waals surface area (Å²) in [7, 11) is -2.19. The molecule has 0 bridgehead atoms. The fourth-order valence-corrected chi connectivity index (χ4v) is 6.98. The number of nitrogens with two attached hydrogens (primary N) is 1. The Kier molecular flexibility index (Phi) is 7.32. The van der Waals surface area contributed by atoms with Crippen molar-refractivity contribution in [3.05, 3.63) is 18.0 Å². The molecule has 188 valence electrons. The third-order valence-electron chi connectivity index (χ3n) is 7.56. The Labute approximate surface area is 201 Å². The highest BCUT2D eigenvalue weighted by Crippen LogP contribution is 2.29. The van der Waals surface area contributed by atoms with Crippen molar-refractivity contribution in [2.24, 2.45) is 24.6 Å². The lowest BCUT2D eigenvalue weighted by molar-refractivity contribution is -0.143. The average Bonchev–Trinajstić information content (AvgIpc) is 3.48. The Morgan fingerprint density at radius 1 is 0.941 bits per heavy atom. The normalized spacial score (nSPS) is 21.2. The van der Waals surface area contributed by atoms with Crippen LogP contribution in [-0.4, -0.2) is 84.1 Å². The van der Waals surface area contributed by atoms with E-state index in [0.29, 0.717) is 51.4 Å². The third kappa shape index (κ3) is 5.14. The molecule has 2 saturated heterocycles. The van der Waals surface area contributed by atoms with Gasteiger partial charge in [0.05, 0.1) is 0 Å². The van der Waals surface area contributed by atoms with Crippen LogP contribution in [0, 0.1) is 11.8 Å². The Balaban J connectivity index is 1.27. The van der Waals surface area contributed by atoms with Crippen LogP contribution in [0.4, 0.5) is 0 Å². The quantitative estimate of drug-likeness (QED) is 0.627. The minimum Gasteiger partial charge on any atom is -0.364 e. The molecule has 34 heavy (non-hydrogen) atoms. The smallest absolute Gasteiger partial charge is 0.265 e. The second-order valence-electron chi connectivity index (χ2n) is 9.78. The number of nitrogens with zero attached hydrogens (tertiary/aromatic N) is 4. The van der Waals surface area contributed by atoms with Gasteiger partial charge in [-0.1, -0.05) is 12.8 Å². The van der Waals surface area contributed by atoms with Gasteiger partial charge in [0, 0.05) is 64.9 Å². The van der Waals surface area contributed by atoms with E-state index in [9.17, 15) is 22.8 Å². The van der Waals surface area contributed by atoms with Gasteiger partial charge in [-0.3, -0.25) is 14.4 Å². The van der Waals surface area contributed by atoms with Crippen molar-refractivity contribution in [2.75, 3.05) is 39.3 Å². The van der Waals surface area contributed by atoms with Gasteiger partial charge in [0.1, 0.15) is 10.6 Å². The van der Waals surface area contributed by atoms with E-state index in [4.69, 9.17) is 5.73 Å². The van der Waals surface area contributed by atoms with Crippen molar-refractivity contribution in [2.45, 2.75) is 49.8 Å². The molecule has 0 atom stereocenters. The van der Waals surface area contributed by atoms with Crippen molar-refractivity contribution < 1.29 is 22.8 Å². The highest BCUT2D eigenvalue weighted by molar-refractivity contribution is 7.89. The zero-order valence-corrected chi connectivity index (χ0v) is 20.6. The molecule has 10 nitrogen and oxygen atoms in total. The first-order chi connectivity index (χ1) is 16.2. The van der Waals surface area contributed by atoms with Gasteiger partial charge in [-0.15, -0.1) is 0 Å². The number of aryl methyl sites for hydroxylation is 1. The van der Waals surface area contributed by atoms with E-state index in [-0.39, 0.29) is 41.4 Å². The molecule has 1 saturated carbocycles. The van der Waals surface area contributed by atoms with Crippen LogP contribution >= 0.6 is 0 Å². The monoisotopic (exact) mass is 493 g/mol. The zero-order chi connectivity index (χ0) is 24.5. The minimum atomic E-state index is -3.76. The van der Waals surface area contributed by atoms with Crippen LogP contribution in [0.3, 0.4) is 0 Å². The Hall–Kier alpha value is -2.40. The molecule has 0 spiro atoms. The van der Waals surface area contributed by atoms with Crippen molar-refractivity contribution in [1.82, 2.24) is 18.7 Å². The summed E-state index contributed by atoms with van der Waals surface area (Å²) in [5, 5.41) is 0. The first-order valence-electron chi connectivity index (χ1n) is 12.2. The molecule has 2 aliphatic heterocycles. The second-order valence-corrected chi connectivity index (χ2v) is 11.7. The SMILES string of the molecule is Cn1cc(S(=O)(=O)N2CCC(C(=O)N3CCN(C(=O)CC4CCCC4)CC3)CC2)cc1C(N)=O. The lowest BCUT2D eigenvalue weighted by Crippen LogP contribution is -2.53. The van der Waals surface area contributed by atoms with Crippen LogP contribution < -0.4 is 5.73 Å². The van der Waals surface area contributed by atoms with E-state index in [1.54, 1.807) is 7.05 Å². The van der Waals surface area contributed by atoms with Crippen LogP contribution in [0.25, 0.3) is 0 Å². The summed E-state index contributed by atoms with van der Waals surface area (Å²) in [5.74, 6) is -0.127. The zero-order valence-electron chi connectivity index (χ0n) is 19.8. The molecule has 3 fully saturated rings.